The van der Waals surface area contributed by atoms with E-state index in [0.29, 0.717) is 17.9 Å². The van der Waals surface area contributed by atoms with E-state index in [1.165, 1.54) is 19.3 Å². The molecule has 0 aromatic heterocycles. The van der Waals surface area contributed by atoms with Crippen molar-refractivity contribution in [3.8, 4) is 0 Å². The molecule has 0 unspecified atom stereocenters. The van der Waals surface area contributed by atoms with Crippen molar-refractivity contribution in [3.63, 3.8) is 0 Å². The second-order valence-corrected chi connectivity index (χ2v) is 7.17. The Morgan fingerprint density at radius 3 is 2.26 bits per heavy atom. The van der Waals surface area contributed by atoms with E-state index in [0.717, 1.165) is 13.1 Å². The Kier molecular flexibility index (Phi) is 5.77. The number of hydrogen-bond acceptors (Lipinski definition) is 3. The van der Waals surface area contributed by atoms with Crippen LogP contribution in [-0.2, 0) is 9.59 Å². The Bertz CT molecular complexity index is 558. The van der Waals surface area contributed by atoms with Crippen molar-refractivity contribution >= 4 is 23.2 Å². The van der Waals surface area contributed by atoms with Crippen LogP contribution in [-0.4, -0.2) is 36.3 Å². The lowest BCUT2D eigenvalue weighted by atomic mass is 9.95. The summed E-state index contributed by atoms with van der Waals surface area (Å²) in [4.78, 5) is 26.3. The van der Waals surface area contributed by atoms with Crippen LogP contribution in [0, 0.1) is 5.41 Å². The molecule has 1 aliphatic heterocycles. The summed E-state index contributed by atoms with van der Waals surface area (Å²) >= 11 is 0. The monoisotopic (exact) mass is 317 g/mol. The molecule has 1 aromatic carbocycles. The molecule has 1 heterocycles. The van der Waals surface area contributed by atoms with Gasteiger partial charge in [0.15, 0.2) is 0 Å². The van der Waals surface area contributed by atoms with Gasteiger partial charge in [-0.05, 0) is 44.1 Å². The second kappa shape index (κ2) is 7.59. The van der Waals surface area contributed by atoms with Crippen molar-refractivity contribution < 1.29 is 9.59 Å². The average molecular weight is 317 g/mol. The van der Waals surface area contributed by atoms with Crippen LogP contribution in [0.5, 0.6) is 0 Å². The molecule has 0 spiro atoms. The van der Waals surface area contributed by atoms with Gasteiger partial charge in [-0.25, -0.2) is 0 Å². The maximum Gasteiger partial charge on any atom is 0.238 e. The Balaban J connectivity index is 1.91. The number of benzene rings is 1. The zero-order chi connectivity index (χ0) is 16.9. The van der Waals surface area contributed by atoms with Gasteiger partial charge < -0.3 is 10.6 Å². The van der Waals surface area contributed by atoms with Crippen LogP contribution in [0.2, 0.25) is 0 Å². The minimum atomic E-state index is -0.451. The Morgan fingerprint density at radius 2 is 1.65 bits per heavy atom. The van der Waals surface area contributed by atoms with Crippen LogP contribution in [0.1, 0.15) is 40.0 Å². The summed E-state index contributed by atoms with van der Waals surface area (Å²) in [5.74, 6) is -0.0551. The predicted octanol–water partition coefficient (Wildman–Crippen LogP) is 3.10. The van der Waals surface area contributed by atoms with Gasteiger partial charge in [0.25, 0.3) is 0 Å². The van der Waals surface area contributed by atoms with Gasteiger partial charge in [0.05, 0.1) is 6.54 Å². The molecule has 126 valence electrons. The van der Waals surface area contributed by atoms with E-state index in [1.54, 1.807) is 6.07 Å². The van der Waals surface area contributed by atoms with Gasteiger partial charge in [-0.2, -0.15) is 0 Å². The van der Waals surface area contributed by atoms with E-state index in [2.05, 4.69) is 15.5 Å². The molecule has 2 rings (SSSR count). The van der Waals surface area contributed by atoms with Gasteiger partial charge >= 0.3 is 0 Å². The number of piperidine rings is 1. The molecule has 0 atom stereocenters. The highest BCUT2D eigenvalue weighted by molar-refractivity contribution is 5.96. The van der Waals surface area contributed by atoms with Gasteiger partial charge in [-0.15, -0.1) is 0 Å². The van der Waals surface area contributed by atoms with E-state index >= 15 is 0 Å². The SMILES string of the molecule is CC(C)(C)C(=O)Nc1cccc(NC(=O)CN2CCCCC2)c1. The Labute approximate surface area is 138 Å². The summed E-state index contributed by atoms with van der Waals surface area (Å²) in [7, 11) is 0. The topological polar surface area (TPSA) is 61.4 Å². The summed E-state index contributed by atoms with van der Waals surface area (Å²) in [6.45, 7) is 8.02. The average Bonchev–Trinajstić information content (AvgIpc) is 2.47. The molecule has 23 heavy (non-hydrogen) atoms. The fourth-order valence-corrected chi connectivity index (χ4v) is 2.51. The maximum atomic E-state index is 12.1. The first-order valence-corrected chi connectivity index (χ1v) is 8.28. The van der Waals surface area contributed by atoms with E-state index in [4.69, 9.17) is 0 Å². The van der Waals surface area contributed by atoms with Gasteiger partial charge in [0, 0.05) is 16.8 Å². The number of anilines is 2. The van der Waals surface area contributed by atoms with Gasteiger partial charge in [-0.1, -0.05) is 33.3 Å². The number of carbonyl (C=O) groups is 2. The smallest absolute Gasteiger partial charge is 0.238 e. The summed E-state index contributed by atoms with van der Waals surface area (Å²) < 4.78 is 0. The zero-order valence-corrected chi connectivity index (χ0v) is 14.3. The molecule has 0 radical (unpaired) electrons. The first-order valence-electron chi connectivity index (χ1n) is 8.28. The highest BCUT2D eigenvalue weighted by Gasteiger charge is 2.21. The molecule has 1 fully saturated rings. The number of hydrogen-bond donors (Lipinski definition) is 2. The molecular formula is C18H27N3O2. The first kappa shape index (κ1) is 17.5. The third kappa shape index (κ3) is 5.67. The molecule has 1 saturated heterocycles. The van der Waals surface area contributed by atoms with Crippen molar-refractivity contribution in [2.75, 3.05) is 30.3 Å². The van der Waals surface area contributed by atoms with Gasteiger partial charge in [0.1, 0.15) is 0 Å². The molecule has 2 amide bonds. The predicted molar refractivity (Wildman–Crippen MR) is 93.4 cm³/mol. The van der Waals surface area contributed by atoms with Crippen molar-refractivity contribution in [2.45, 2.75) is 40.0 Å². The molecule has 2 N–H and O–H groups in total. The highest BCUT2D eigenvalue weighted by atomic mass is 16.2. The highest BCUT2D eigenvalue weighted by Crippen LogP contribution is 2.20. The third-order valence-corrected chi connectivity index (χ3v) is 3.90. The van der Waals surface area contributed by atoms with Crippen molar-refractivity contribution in [1.82, 2.24) is 4.90 Å². The fourth-order valence-electron chi connectivity index (χ4n) is 2.51. The number of rotatable bonds is 4. The molecule has 1 aliphatic rings. The van der Waals surface area contributed by atoms with Crippen LogP contribution in [0.3, 0.4) is 0 Å². The lowest BCUT2D eigenvalue weighted by Crippen LogP contribution is -2.36. The molecule has 5 heteroatoms. The molecule has 0 saturated carbocycles. The molecular weight excluding hydrogens is 290 g/mol. The molecule has 0 bridgehead atoms. The number of likely N-dealkylation sites (tertiary alicyclic amines) is 1. The maximum absolute atomic E-state index is 12.1. The number of nitrogens with zero attached hydrogens (tertiary/aromatic N) is 1. The largest absolute Gasteiger partial charge is 0.326 e. The van der Waals surface area contributed by atoms with Crippen molar-refractivity contribution in [3.05, 3.63) is 24.3 Å². The Morgan fingerprint density at radius 1 is 1.04 bits per heavy atom. The van der Waals surface area contributed by atoms with E-state index in [9.17, 15) is 9.59 Å². The minimum absolute atomic E-state index is 0.00815. The molecule has 5 nitrogen and oxygen atoms in total. The van der Waals surface area contributed by atoms with Gasteiger partial charge in [0.2, 0.25) is 11.8 Å². The van der Waals surface area contributed by atoms with Crippen LogP contribution in [0.25, 0.3) is 0 Å². The van der Waals surface area contributed by atoms with Crippen LogP contribution in [0.4, 0.5) is 11.4 Å². The van der Waals surface area contributed by atoms with Gasteiger partial charge in [-0.3, -0.25) is 14.5 Å². The number of nitrogens with one attached hydrogen (secondary N) is 2. The molecule has 0 aliphatic carbocycles. The van der Waals surface area contributed by atoms with Crippen LogP contribution in [0.15, 0.2) is 24.3 Å². The quantitative estimate of drug-likeness (QED) is 0.897. The normalized spacial score (nSPS) is 16.0. The first-order chi connectivity index (χ1) is 10.8. The second-order valence-electron chi connectivity index (χ2n) is 7.17. The van der Waals surface area contributed by atoms with E-state index in [-0.39, 0.29) is 11.8 Å². The lowest BCUT2D eigenvalue weighted by molar-refractivity contribution is -0.123. The summed E-state index contributed by atoms with van der Waals surface area (Å²) in [6.07, 6.45) is 3.59. The van der Waals surface area contributed by atoms with Crippen LogP contribution >= 0.6 is 0 Å². The zero-order valence-electron chi connectivity index (χ0n) is 14.3. The number of carbonyl (C=O) groups excluding carboxylic acids is 2. The fraction of sp³-hybridized carbons (Fsp3) is 0.556. The molecule has 1 aromatic rings. The van der Waals surface area contributed by atoms with Crippen molar-refractivity contribution in [1.29, 1.82) is 0 Å². The summed E-state index contributed by atoms with van der Waals surface area (Å²) in [5.41, 5.74) is 0.951. The van der Waals surface area contributed by atoms with Crippen LogP contribution < -0.4 is 10.6 Å². The third-order valence-electron chi connectivity index (χ3n) is 3.90. The summed E-state index contributed by atoms with van der Waals surface area (Å²) in [5, 5.41) is 5.79. The minimum Gasteiger partial charge on any atom is -0.326 e. The standard InChI is InChI=1S/C18H27N3O2/c1-18(2,3)17(23)20-15-9-7-8-14(12-15)19-16(22)13-21-10-5-4-6-11-21/h7-9,12H,4-6,10-11,13H2,1-3H3,(H,19,22)(H,20,23). The van der Waals surface area contributed by atoms with Crippen molar-refractivity contribution in [2.24, 2.45) is 5.41 Å². The number of amides is 2. The summed E-state index contributed by atoms with van der Waals surface area (Å²) in [6, 6.07) is 7.28. The van der Waals surface area contributed by atoms with E-state index in [1.807, 2.05) is 39.0 Å². The van der Waals surface area contributed by atoms with E-state index < -0.39 is 5.41 Å². The Hall–Kier alpha value is -1.88. The lowest BCUT2D eigenvalue weighted by Gasteiger charge is -2.25.